The summed E-state index contributed by atoms with van der Waals surface area (Å²) >= 11 is 19.8. The van der Waals surface area contributed by atoms with E-state index in [1.807, 2.05) is 13.8 Å². The topological polar surface area (TPSA) is 37.4 Å². The highest BCUT2D eigenvalue weighted by Gasteiger charge is 2.36. The normalized spacial score (nSPS) is 24.2. The molecule has 2 rings (SSSR count). The fourth-order valence-corrected chi connectivity index (χ4v) is 6.46. The molecule has 1 aliphatic rings. The molecule has 0 aliphatic carbocycles. The Morgan fingerprint density at radius 2 is 2.00 bits per heavy atom. The molecule has 1 aromatic rings. The first-order valence-electron chi connectivity index (χ1n) is 6.46. The molecule has 0 spiro atoms. The molecule has 8 heteroatoms. The number of nitrogens with zero attached hydrogens (tertiary/aromatic N) is 1. The van der Waals surface area contributed by atoms with Gasteiger partial charge in [-0.1, -0.05) is 30.1 Å². The van der Waals surface area contributed by atoms with Crippen molar-refractivity contribution in [3.8, 4) is 0 Å². The number of sulfonamides is 1. The Hall–Kier alpha value is 0.350. The lowest BCUT2D eigenvalue weighted by molar-refractivity contribution is 0.340. The fraction of sp³-hybridized carbons (Fsp3) is 0.538. The average Bonchev–Trinajstić information content (AvgIpc) is 2.43. The van der Waals surface area contributed by atoms with Gasteiger partial charge in [0.15, 0.2) is 0 Å². The quantitative estimate of drug-likeness (QED) is 0.727. The molecule has 1 fully saturated rings. The first-order chi connectivity index (χ1) is 9.78. The van der Waals surface area contributed by atoms with Gasteiger partial charge in [-0.25, -0.2) is 8.42 Å². The number of hydrogen-bond donors (Lipinski definition) is 0. The molecule has 0 aromatic heterocycles. The Balaban J connectivity index is 2.51. The molecule has 0 amide bonds. The van der Waals surface area contributed by atoms with Crippen molar-refractivity contribution in [2.75, 3.05) is 12.3 Å². The second-order valence-corrected chi connectivity index (χ2v) is 9.37. The van der Waals surface area contributed by atoms with Gasteiger partial charge < -0.3 is 0 Å². The summed E-state index contributed by atoms with van der Waals surface area (Å²) in [6, 6.07) is 2.89. The lowest BCUT2D eigenvalue weighted by atomic mass is 10.2. The van der Waals surface area contributed by atoms with Crippen molar-refractivity contribution in [2.24, 2.45) is 0 Å². The Morgan fingerprint density at radius 3 is 2.62 bits per heavy atom. The summed E-state index contributed by atoms with van der Waals surface area (Å²) in [6.45, 7) is 4.41. The number of rotatable bonds is 3. The molecule has 1 aromatic carbocycles. The Labute approximate surface area is 145 Å². The number of benzene rings is 1. The highest BCUT2D eigenvalue weighted by Crippen LogP contribution is 2.35. The van der Waals surface area contributed by atoms with Gasteiger partial charge in [-0.15, -0.1) is 11.6 Å². The van der Waals surface area contributed by atoms with Crippen molar-refractivity contribution < 1.29 is 8.42 Å². The van der Waals surface area contributed by atoms with Crippen molar-refractivity contribution in [2.45, 2.75) is 35.9 Å². The lowest BCUT2D eigenvalue weighted by Crippen LogP contribution is -2.47. The van der Waals surface area contributed by atoms with Gasteiger partial charge in [-0.2, -0.15) is 16.1 Å². The van der Waals surface area contributed by atoms with E-state index in [4.69, 9.17) is 34.8 Å². The van der Waals surface area contributed by atoms with E-state index >= 15 is 0 Å². The van der Waals surface area contributed by atoms with Gasteiger partial charge in [0.2, 0.25) is 10.0 Å². The van der Waals surface area contributed by atoms with E-state index in [1.165, 1.54) is 10.4 Å². The standard InChI is InChI=1S/C13H16Cl3NO2S2/c1-8-9(2)20-4-3-17(8)21(18,19)12-6-11(15)5-10(7-14)13(12)16/h5-6,8-9H,3-4,7H2,1-2H3. The van der Waals surface area contributed by atoms with E-state index in [2.05, 4.69) is 0 Å². The van der Waals surface area contributed by atoms with Crippen molar-refractivity contribution in [1.29, 1.82) is 0 Å². The summed E-state index contributed by atoms with van der Waals surface area (Å²) in [7, 11) is -3.68. The minimum absolute atomic E-state index is 0.0401. The van der Waals surface area contributed by atoms with E-state index < -0.39 is 10.0 Å². The zero-order valence-electron chi connectivity index (χ0n) is 11.6. The zero-order valence-corrected chi connectivity index (χ0v) is 15.5. The van der Waals surface area contributed by atoms with E-state index in [0.29, 0.717) is 17.1 Å². The molecular formula is C13H16Cl3NO2S2. The van der Waals surface area contributed by atoms with Gasteiger partial charge in [0.25, 0.3) is 0 Å². The minimum Gasteiger partial charge on any atom is -0.207 e. The largest absolute Gasteiger partial charge is 0.244 e. The molecule has 0 saturated carbocycles. The Morgan fingerprint density at radius 1 is 1.33 bits per heavy atom. The third-order valence-corrected chi connectivity index (χ3v) is 8.05. The van der Waals surface area contributed by atoms with Gasteiger partial charge in [0.1, 0.15) is 4.90 Å². The van der Waals surface area contributed by atoms with Crippen LogP contribution in [-0.4, -0.2) is 36.3 Å². The van der Waals surface area contributed by atoms with Crippen LogP contribution in [0.5, 0.6) is 0 Å². The van der Waals surface area contributed by atoms with Gasteiger partial charge in [-0.3, -0.25) is 0 Å². The number of halogens is 3. The smallest absolute Gasteiger partial charge is 0.207 e. The second-order valence-electron chi connectivity index (χ2n) is 4.94. The van der Waals surface area contributed by atoms with E-state index in [-0.39, 0.29) is 27.1 Å². The highest BCUT2D eigenvalue weighted by molar-refractivity contribution is 8.00. The van der Waals surface area contributed by atoms with Gasteiger partial charge >= 0.3 is 0 Å². The maximum atomic E-state index is 12.9. The molecule has 0 radical (unpaired) electrons. The second kappa shape index (κ2) is 6.85. The molecular weight excluding hydrogens is 373 g/mol. The summed E-state index contributed by atoms with van der Waals surface area (Å²) in [5.74, 6) is 0.884. The monoisotopic (exact) mass is 387 g/mol. The average molecular weight is 389 g/mol. The third kappa shape index (κ3) is 3.48. The van der Waals surface area contributed by atoms with Crippen LogP contribution in [0.15, 0.2) is 17.0 Å². The number of thioether (sulfide) groups is 1. The summed E-state index contributed by atoms with van der Waals surface area (Å²) in [4.78, 5) is 0.0401. The first kappa shape index (κ1) is 17.7. The van der Waals surface area contributed by atoms with Crippen molar-refractivity contribution in [3.05, 3.63) is 27.7 Å². The first-order valence-corrected chi connectivity index (χ1v) is 10.2. The molecule has 1 saturated heterocycles. The van der Waals surface area contributed by atoms with Crippen LogP contribution in [0.1, 0.15) is 19.4 Å². The van der Waals surface area contributed by atoms with Crippen LogP contribution >= 0.6 is 46.6 Å². The predicted octanol–water partition coefficient (Wildman–Crippen LogP) is 4.25. The van der Waals surface area contributed by atoms with E-state index in [0.717, 1.165) is 5.75 Å². The van der Waals surface area contributed by atoms with Crippen LogP contribution in [0.4, 0.5) is 0 Å². The molecule has 2 unspecified atom stereocenters. The minimum atomic E-state index is -3.68. The molecule has 2 atom stereocenters. The van der Waals surface area contributed by atoms with Gasteiger partial charge in [0.05, 0.1) is 5.02 Å². The molecule has 1 heterocycles. The van der Waals surface area contributed by atoms with Crippen LogP contribution < -0.4 is 0 Å². The highest BCUT2D eigenvalue weighted by atomic mass is 35.5. The van der Waals surface area contributed by atoms with E-state index in [9.17, 15) is 8.42 Å². The summed E-state index contributed by atoms with van der Waals surface area (Å²) in [5, 5.41) is 0.715. The zero-order chi connectivity index (χ0) is 15.8. The molecule has 1 aliphatic heterocycles. The SMILES string of the molecule is CC1SCCN(S(=O)(=O)c2cc(Cl)cc(CCl)c2Cl)C1C. The van der Waals surface area contributed by atoms with Crippen LogP contribution in [0.3, 0.4) is 0 Å². The predicted molar refractivity (Wildman–Crippen MR) is 91.3 cm³/mol. The fourth-order valence-electron chi connectivity index (χ4n) is 2.27. The van der Waals surface area contributed by atoms with Crippen molar-refractivity contribution >= 4 is 56.6 Å². The molecule has 21 heavy (non-hydrogen) atoms. The van der Waals surface area contributed by atoms with Crippen LogP contribution in [0, 0.1) is 0 Å². The van der Waals surface area contributed by atoms with Crippen LogP contribution in [0.25, 0.3) is 0 Å². The maximum absolute atomic E-state index is 12.9. The van der Waals surface area contributed by atoms with Gasteiger partial charge in [0, 0.05) is 34.5 Å². The Kier molecular flexibility index (Phi) is 5.77. The van der Waals surface area contributed by atoms with Crippen LogP contribution in [-0.2, 0) is 15.9 Å². The lowest BCUT2D eigenvalue weighted by Gasteiger charge is -2.36. The van der Waals surface area contributed by atoms with Gasteiger partial charge in [-0.05, 0) is 24.6 Å². The van der Waals surface area contributed by atoms with Crippen molar-refractivity contribution in [1.82, 2.24) is 4.31 Å². The summed E-state index contributed by atoms with van der Waals surface area (Å²) in [6.07, 6.45) is 0. The molecule has 3 nitrogen and oxygen atoms in total. The van der Waals surface area contributed by atoms with Crippen LogP contribution in [0.2, 0.25) is 10.0 Å². The molecule has 118 valence electrons. The van der Waals surface area contributed by atoms with Crippen molar-refractivity contribution in [3.63, 3.8) is 0 Å². The maximum Gasteiger partial charge on any atom is 0.244 e. The number of alkyl halides is 1. The molecule has 0 bridgehead atoms. The summed E-state index contributed by atoms with van der Waals surface area (Å²) in [5.41, 5.74) is 0.525. The summed E-state index contributed by atoms with van der Waals surface area (Å²) < 4.78 is 27.3. The third-order valence-electron chi connectivity index (χ3n) is 3.64. The Bertz CT molecular complexity index is 637. The number of hydrogen-bond acceptors (Lipinski definition) is 3. The van der Waals surface area contributed by atoms with E-state index in [1.54, 1.807) is 17.8 Å². The molecule has 0 N–H and O–H groups in total.